The Morgan fingerprint density at radius 2 is 1.93 bits per heavy atom. The molecule has 3 aromatic rings. The second-order valence-electron chi connectivity index (χ2n) is 6.05. The van der Waals surface area contributed by atoms with E-state index in [2.05, 4.69) is 21.8 Å². The summed E-state index contributed by atoms with van der Waals surface area (Å²) in [5, 5.41) is 0. The predicted molar refractivity (Wildman–Crippen MR) is 100 cm³/mol. The van der Waals surface area contributed by atoms with Gasteiger partial charge in [0.15, 0.2) is 0 Å². The molecular weight excluding hydrogens is 399 g/mol. The number of nitrogens with two attached hydrogens (primary N) is 1. The van der Waals surface area contributed by atoms with Crippen LogP contribution >= 0.6 is 0 Å². The summed E-state index contributed by atoms with van der Waals surface area (Å²) >= 11 is 0. The monoisotopic (exact) mass is 415 g/mol. The predicted octanol–water partition coefficient (Wildman–Crippen LogP) is 3.71. The molecule has 2 heterocycles. The fourth-order valence-corrected chi connectivity index (χ4v) is 2.53. The number of hydrogen-bond acceptors (Lipinski definition) is 6. The van der Waals surface area contributed by atoms with Gasteiger partial charge in [-0.05, 0) is 43.3 Å². The summed E-state index contributed by atoms with van der Waals surface area (Å²) in [5.41, 5.74) is 6.56. The summed E-state index contributed by atoms with van der Waals surface area (Å²) in [5.74, 6) is 5.26. The van der Waals surface area contributed by atoms with E-state index in [1.807, 2.05) is 0 Å². The third-order valence-electron chi connectivity index (χ3n) is 4.00. The van der Waals surface area contributed by atoms with Crippen LogP contribution in [0.5, 0.6) is 0 Å². The van der Waals surface area contributed by atoms with Crippen molar-refractivity contribution in [3.63, 3.8) is 0 Å². The van der Waals surface area contributed by atoms with Crippen molar-refractivity contribution < 1.29 is 27.1 Å². The van der Waals surface area contributed by atoms with Gasteiger partial charge in [-0.15, -0.1) is 0 Å². The largest absolute Gasteiger partial charge is 0.460 e. The third kappa shape index (κ3) is 4.85. The van der Waals surface area contributed by atoms with Crippen LogP contribution in [0.2, 0.25) is 0 Å². The Labute approximate surface area is 169 Å². The fourth-order valence-electron chi connectivity index (χ4n) is 2.53. The molecule has 30 heavy (non-hydrogen) atoms. The van der Waals surface area contributed by atoms with Gasteiger partial charge in [0.2, 0.25) is 5.76 Å². The number of halogens is 3. The molecule has 0 spiro atoms. The molecule has 0 fully saturated rings. The minimum Gasteiger partial charge on any atom is -0.460 e. The van der Waals surface area contributed by atoms with E-state index < -0.39 is 23.8 Å². The zero-order chi connectivity index (χ0) is 21.7. The molecule has 9 heteroatoms. The SMILES string of the molecule is CCOC(=O)c1ccc(C(N)c2ncncc2C#Cc2ccc(C(F)(F)F)cc2)o1. The summed E-state index contributed by atoms with van der Waals surface area (Å²) in [6, 6.07) is 6.60. The number of ether oxygens (including phenoxy) is 1. The Morgan fingerprint density at radius 1 is 1.20 bits per heavy atom. The van der Waals surface area contributed by atoms with Crippen molar-refractivity contribution in [3.8, 4) is 11.8 Å². The molecule has 3 rings (SSSR count). The van der Waals surface area contributed by atoms with Crippen molar-refractivity contribution in [2.24, 2.45) is 5.73 Å². The van der Waals surface area contributed by atoms with Crippen molar-refractivity contribution >= 4 is 5.97 Å². The number of nitrogens with zero attached hydrogens (tertiary/aromatic N) is 2. The highest BCUT2D eigenvalue weighted by Gasteiger charge is 2.29. The normalized spacial score (nSPS) is 12.0. The molecule has 1 aromatic carbocycles. The minimum absolute atomic E-state index is 0.00810. The van der Waals surface area contributed by atoms with Crippen molar-refractivity contribution in [1.29, 1.82) is 0 Å². The highest BCUT2D eigenvalue weighted by atomic mass is 19.4. The second kappa shape index (κ2) is 8.80. The zero-order valence-corrected chi connectivity index (χ0v) is 15.7. The van der Waals surface area contributed by atoms with Crippen molar-refractivity contribution in [2.75, 3.05) is 6.61 Å². The molecule has 0 saturated carbocycles. The number of furan rings is 1. The Morgan fingerprint density at radius 3 is 2.60 bits per heavy atom. The number of rotatable bonds is 4. The Balaban J connectivity index is 1.85. The molecule has 6 nitrogen and oxygen atoms in total. The van der Waals surface area contributed by atoms with E-state index in [1.54, 1.807) is 6.92 Å². The van der Waals surface area contributed by atoms with Crippen molar-refractivity contribution in [3.05, 3.63) is 82.8 Å². The molecule has 1 atom stereocenters. The molecule has 0 bridgehead atoms. The van der Waals surface area contributed by atoms with Crippen LogP contribution in [-0.4, -0.2) is 22.5 Å². The van der Waals surface area contributed by atoms with Gasteiger partial charge in [-0.2, -0.15) is 13.2 Å². The average Bonchev–Trinajstić information content (AvgIpc) is 3.22. The molecule has 0 aliphatic rings. The molecule has 0 amide bonds. The topological polar surface area (TPSA) is 91.2 Å². The van der Waals surface area contributed by atoms with Crippen LogP contribution in [0.15, 0.2) is 53.3 Å². The van der Waals surface area contributed by atoms with Crippen LogP contribution in [-0.2, 0) is 10.9 Å². The molecule has 0 saturated heterocycles. The van der Waals surface area contributed by atoms with Crippen LogP contribution in [0.3, 0.4) is 0 Å². The summed E-state index contributed by atoms with van der Waals surface area (Å²) in [6.45, 7) is 1.88. The molecule has 0 aliphatic carbocycles. The lowest BCUT2D eigenvalue weighted by Crippen LogP contribution is -2.15. The first-order valence-corrected chi connectivity index (χ1v) is 8.81. The molecule has 154 valence electrons. The first-order chi connectivity index (χ1) is 14.3. The summed E-state index contributed by atoms with van der Waals surface area (Å²) in [6.07, 6.45) is -1.69. The van der Waals surface area contributed by atoms with E-state index in [0.717, 1.165) is 12.1 Å². The van der Waals surface area contributed by atoms with Crippen LogP contribution in [0.1, 0.15) is 51.7 Å². The summed E-state index contributed by atoms with van der Waals surface area (Å²) < 4.78 is 48.3. The van der Waals surface area contributed by atoms with Crippen molar-refractivity contribution in [2.45, 2.75) is 19.1 Å². The zero-order valence-electron chi connectivity index (χ0n) is 15.7. The van der Waals surface area contributed by atoms with E-state index in [0.29, 0.717) is 16.8 Å². The van der Waals surface area contributed by atoms with Gasteiger partial charge in [0.05, 0.1) is 23.4 Å². The quantitative estimate of drug-likeness (QED) is 0.516. The van der Waals surface area contributed by atoms with E-state index >= 15 is 0 Å². The number of hydrogen-bond donors (Lipinski definition) is 1. The first kappa shape index (κ1) is 21.1. The second-order valence-corrected chi connectivity index (χ2v) is 6.05. The molecule has 0 aliphatic heterocycles. The summed E-state index contributed by atoms with van der Waals surface area (Å²) in [4.78, 5) is 19.8. The van der Waals surface area contributed by atoms with Gasteiger partial charge < -0.3 is 14.9 Å². The highest BCUT2D eigenvalue weighted by Crippen LogP contribution is 2.29. The van der Waals surface area contributed by atoms with E-state index in [4.69, 9.17) is 14.9 Å². The van der Waals surface area contributed by atoms with Gasteiger partial charge in [-0.1, -0.05) is 11.8 Å². The molecular formula is C21H16F3N3O3. The lowest BCUT2D eigenvalue weighted by atomic mass is 10.1. The van der Waals surface area contributed by atoms with Gasteiger partial charge in [0.25, 0.3) is 0 Å². The van der Waals surface area contributed by atoms with Crippen LogP contribution < -0.4 is 5.73 Å². The number of carbonyl (C=O) groups excluding carboxylic acids is 1. The van der Waals surface area contributed by atoms with Gasteiger partial charge in [0, 0.05) is 11.8 Å². The highest BCUT2D eigenvalue weighted by molar-refractivity contribution is 5.86. The lowest BCUT2D eigenvalue weighted by molar-refractivity contribution is -0.137. The van der Waals surface area contributed by atoms with Gasteiger partial charge in [-0.25, -0.2) is 14.8 Å². The van der Waals surface area contributed by atoms with Crippen molar-refractivity contribution in [1.82, 2.24) is 9.97 Å². The smallest absolute Gasteiger partial charge is 0.416 e. The number of aromatic nitrogens is 2. The summed E-state index contributed by atoms with van der Waals surface area (Å²) in [7, 11) is 0. The standard InChI is InChI=1S/C21H16F3N3O3/c1-2-29-20(28)17-10-9-16(30-17)18(25)19-14(11-26-12-27-19)6-3-13-4-7-15(8-5-13)21(22,23)24/h4-5,7-12,18H,2,25H2,1H3. The Hall–Kier alpha value is -3.64. The lowest BCUT2D eigenvalue weighted by Gasteiger charge is -2.09. The fraction of sp³-hybridized carbons (Fsp3) is 0.190. The molecule has 2 aromatic heterocycles. The first-order valence-electron chi connectivity index (χ1n) is 8.81. The Bertz CT molecular complexity index is 1100. The van der Waals surface area contributed by atoms with E-state index in [1.165, 1.54) is 36.8 Å². The number of esters is 1. The van der Waals surface area contributed by atoms with E-state index in [9.17, 15) is 18.0 Å². The van der Waals surface area contributed by atoms with E-state index in [-0.39, 0.29) is 18.1 Å². The maximum absolute atomic E-state index is 12.7. The maximum Gasteiger partial charge on any atom is 0.416 e. The molecule has 2 N–H and O–H groups in total. The molecule has 0 radical (unpaired) electrons. The van der Waals surface area contributed by atoms with Gasteiger partial charge >= 0.3 is 12.1 Å². The number of alkyl halides is 3. The maximum atomic E-state index is 12.7. The van der Waals surface area contributed by atoms with Gasteiger partial charge in [-0.3, -0.25) is 0 Å². The molecule has 1 unspecified atom stereocenters. The van der Waals surface area contributed by atoms with Crippen LogP contribution in [0.4, 0.5) is 13.2 Å². The number of benzene rings is 1. The third-order valence-corrected chi connectivity index (χ3v) is 4.00. The Kier molecular flexibility index (Phi) is 6.18. The van der Waals surface area contributed by atoms with Crippen LogP contribution in [0.25, 0.3) is 0 Å². The minimum atomic E-state index is -4.41. The average molecular weight is 415 g/mol. The number of carbonyl (C=O) groups is 1. The van der Waals surface area contributed by atoms with Gasteiger partial charge in [0.1, 0.15) is 18.1 Å². The van der Waals surface area contributed by atoms with Crippen LogP contribution in [0, 0.1) is 11.8 Å².